The molecular formula is C16H22F3N. The summed E-state index contributed by atoms with van der Waals surface area (Å²) in [7, 11) is 0. The van der Waals surface area contributed by atoms with Crippen molar-refractivity contribution in [1.82, 2.24) is 5.32 Å². The Labute approximate surface area is 118 Å². The van der Waals surface area contributed by atoms with E-state index in [1.54, 1.807) is 6.07 Å². The van der Waals surface area contributed by atoms with Crippen LogP contribution in [-0.2, 0) is 6.18 Å². The molecule has 3 atom stereocenters. The smallest absolute Gasteiger partial charge is 0.307 e. The van der Waals surface area contributed by atoms with E-state index in [9.17, 15) is 13.2 Å². The molecule has 2 rings (SSSR count). The van der Waals surface area contributed by atoms with Gasteiger partial charge in [0.1, 0.15) is 0 Å². The predicted molar refractivity (Wildman–Crippen MR) is 74.4 cm³/mol. The zero-order valence-electron chi connectivity index (χ0n) is 12.0. The molecule has 1 N–H and O–H groups in total. The minimum atomic E-state index is -4.27. The third kappa shape index (κ3) is 3.54. The molecule has 112 valence electrons. The summed E-state index contributed by atoms with van der Waals surface area (Å²) in [4.78, 5) is 0. The SMILES string of the molecule is CCC1CCCC1NC(C)c1cccc(C(F)(F)F)c1. The standard InChI is InChI=1S/C16H22F3N/c1-3-12-6-5-9-15(12)20-11(2)13-7-4-8-14(10-13)16(17,18)19/h4,7-8,10-12,15,20H,3,5-6,9H2,1-2H3. The van der Waals surface area contributed by atoms with Gasteiger partial charge in [-0.1, -0.05) is 31.9 Å². The van der Waals surface area contributed by atoms with Crippen LogP contribution in [0.3, 0.4) is 0 Å². The summed E-state index contributed by atoms with van der Waals surface area (Å²) in [6.45, 7) is 4.13. The Balaban J connectivity index is 2.07. The maximum Gasteiger partial charge on any atom is 0.416 e. The van der Waals surface area contributed by atoms with Crippen molar-refractivity contribution in [3.05, 3.63) is 35.4 Å². The van der Waals surface area contributed by atoms with Gasteiger partial charge < -0.3 is 5.32 Å². The highest BCUT2D eigenvalue weighted by atomic mass is 19.4. The first-order valence-corrected chi connectivity index (χ1v) is 7.35. The molecule has 0 bridgehead atoms. The van der Waals surface area contributed by atoms with Crippen molar-refractivity contribution < 1.29 is 13.2 Å². The summed E-state index contributed by atoms with van der Waals surface area (Å²) in [5.74, 6) is 0.656. The first-order chi connectivity index (χ1) is 9.41. The minimum Gasteiger partial charge on any atom is -0.307 e. The molecule has 3 unspecified atom stereocenters. The lowest BCUT2D eigenvalue weighted by atomic mass is 9.98. The van der Waals surface area contributed by atoms with E-state index in [1.807, 2.05) is 6.92 Å². The molecule has 1 saturated carbocycles. The molecule has 0 aliphatic heterocycles. The van der Waals surface area contributed by atoms with Gasteiger partial charge in [0, 0.05) is 12.1 Å². The topological polar surface area (TPSA) is 12.0 Å². The van der Waals surface area contributed by atoms with Gasteiger partial charge in [0.15, 0.2) is 0 Å². The van der Waals surface area contributed by atoms with Crippen LogP contribution in [-0.4, -0.2) is 6.04 Å². The maximum atomic E-state index is 12.7. The monoisotopic (exact) mass is 285 g/mol. The summed E-state index contributed by atoms with van der Waals surface area (Å²) in [5.41, 5.74) is 0.142. The van der Waals surface area contributed by atoms with Gasteiger partial charge in [-0.2, -0.15) is 13.2 Å². The number of nitrogens with one attached hydrogen (secondary N) is 1. The Morgan fingerprint density at radius 1 is 1.30 bits per heavy atom. The van der Waals surface area contributed by atoms with Crippen molar-refractivity contribution in [3.63, 3.8) is 0 Å². The van der Waals surface area contributed by atoms with Crippen LogP contribution in [0.2, 0.25) is 0 Å². The molecular weight excluding hydrogens is 263 g/mol. The first-order valence-electron chi connectivity index (χ1n) is 7.35. The molecule has 0 saturated heterocycles. The third-order valence-electron chi connectivity index (χ3n) is 4.36. The van der Waals surface area contributed by atoms with Crippen molar-refractivity contribution >= 4 is 0 Å². The second-order valence-corrected chi connectivity index (χ2v) is 5.72. The van der Waals surface area contributed by atoms with Crippen molar-refractivity contribution in [1.29, 1.82) is 0 Å². The van der Waals surface area contributed by atoms with Gasteiger partial charge in [-0.15, -0.1) is 0 Å². The van der Waals surface area contributed by atoms with Gasteiger partial charge in [0.2, 0.25) is 0 Å². The largest absolute Gasteiger partial charge is 0.416 e. The second-order valence-electron chi connectivity index (χ2n) is 5.72. The predicted octanol–water partition coefficient (Wildman–Crippen LogP) is 4.93. The summed E-state index contributed by atoms with van der Waals surface area (Å²) in [5, 5.41) is 3.51. The zero-order valence-corrected chi connectivity index (χ0v) is 12.0. The number of rotatable bonds is 4. The molecule has 1 aliphatic carbocycles. The lowest BCUT2D eigenvalue weighted by Gasteiger charge is -2.25. The molecule has 1 fully saturated rings. The molecule has 0 spiro atoms. The fourth-order valence-corrected chi connectivity index (χ4v) is 3.15. The van der Waals surface area contributed by atoms with E-state index in [4.69, 9.17) is 0 Å². The van der Waals surface area contributed by atoms with Crippen LogP contribution in [0.25, 0.3) is 0 Å². The van der Waals surface area contributed by atoms with Crippen molar-refractivity contribution in [2.75, 3.05) is 0 Å². The minimum absolute atomic E-state index is 0.0468. The third-order valence-corrected chi connectivity index (χ3v) is 4.36. The van der Waals surface area contributed by atoms with Crippen LogP contribution < -0.4 is 5.32 Å². The Morgan fingerprint density at radius 2 is 2.05 bits per heavy atom. The highest BCUT2D eigenvalue weighted by Gasteiger charge is 2.31. The van der Waals surface area contributed by atoms with E-state index in [0.717, 1.165) is 18.9 Å². The number of hydrogen-bond acceptors (Lipinski definition) is 1. The summed E-state index contributed by atoms with van der Waals surface area (Å²) in [6.07, 6.45) is 0.429. The van der Waals surface area contributed by atoms with Crippen LogP contribution in [0.4, 0.5) is 13.2 Å². The first kappa shape index (κ1) is 15.4. The summed E-state index contributed by atoms with van der Waals surface area (Å²) in [6, 6.07) is 6.03. The van der Waals surface area contributed by atoms with E-state index < -0.39 is 11.7 Å². The van der Waals surface area contributed by atoms with E-state index >= 15 is 0 Å². The molecule has 0 aromatic heterocycles. The van der Waals surface area contributed by atoms with Crippen LogP contribution in [0.1, 0.15) is 56.7 Å². The van der Waals surface area contributed by atoms with E-state index in [0.29, 0.717) is 17.5 Å². The molecule has 1 aromatic rings. The lowest BCUT2D eigenvalue weighted by molar-refractivity contribution is -0.137. The van der Waals surface area contributed by atoms with Crippen LogP contribution in [0.15, 0.2) is 24.3 Å². The zero-order chi connectivity index (χ0) is 14.8. The highest BCUT2D eigenvalue weighted by Crippen LogP contribution is 2.32. The fourth-order valence-electron chi connectivity index (χ4n) is 3.15. The normalized spacial score (nSPS) is 24.9. The molecule has 0 radical (unpaired) electrons. The Bertz CT molecular complexity index is 442. The lowest BCUT2D eigenvalue weighted by Crippen LogP contribution is -2.34. The van der Waals surface area contributed by atoms with Gasteiger partial charge in [0.05, 0.1) is 5.56 Å². The van der Waals surface area contributed by atoms with E-state index in [-0.39, 0.29) is 6.04 Å². The van der Waals surface area contributed by atoms with E-state index in [1.165, 1.54) is 25.0 Å². The Kier molecular flexibility index (Phi) is 4.74. The number of benzene rings is 1. The Morgan fingerprint density at radius 3 is 2.70 bits per heavy atom. The average molecular weight is 285 g/mol. The van der Waals surface area contributed by atoms with Crippen molar-refractivity contribution in [2.45, 2.75) is 57.8 Å². The van der Waals surface area contributed by atoms with E-state index in [2.05, 4.69) is 12.2 Å². The van der Waals surface area contributed by atoms with Gasteiger partial charge in [-0.25, -0.2) is 0 Å². The molecule has 1 nitrogen and oxygen atoms in total. The number of halogens is 3. The maximum absolute atomic E-state index is 12.7. The Hall–Kier alpha value is -1.03. The molecule has 1 aromatic carbocycles. The van der Waals surface area contributed by atoms with Gasteiger partial charge >= 0.3 is 6.18 Å². The van der Waals surface area contributed by atoms with Crippen molar-refractivity contribution in [2.24, 2.45) is 5.92 Å². The van der Waals surface area contributed by atoms with Crippen LogP contribution >= 0.6 is 0 Å². The van der Waals surface area contributed by atoms with Gasteiger partial charge in [-0.05, 0) is 43.4 Å². The summed E-state index contributed by atoms with van der Waals surface area (Å²) >= 11 is 0. The quantitative estimate of drug-likeness (QED) is 0.826. The second kappa shape index (κ2) is 6.17. The van der Waals surface area contributed by atoms with Crippen LogP contribution in [0, 0.1) is 5.92 Å². The van der Waals surface area contributed by atoms with Gasteiger partial charge in [0.25, 0.3) is 0 Å². The molecule has 1 aliphatic rings. The van der Waals surface area contributed by atoms with Crippen molar-refractivity contribution in [3.8, 4) is 0 Å². The van der Waals surface area contributed by atoms with Gasteiger partial charge in [-0.3, -0.25) is 0 Å². The average Bonchev–Trinajstić information content (AvgIpc) is 2.85. The number of hydrogen-bond donors (Lipinski definition) is 1. The number of alkyl halides is 3. The molecule has 0 amide bonds. The fraction of sp³-hybridized carbons (Fsp3) is 0.625. The highest BCUT2D eigenvalue weighted by molar-refractivity contribution is 5.27. The molecule has 20 heavy (non-hydrogen) atoms. The molecule has 4 heteroatoms. The van der Waals surface area contributed by atoms with Crippen LogP contribution in [0.5, 0.6) is 0 Å². The summed E-state index contributed by atoms with van der Waals surface area (Å²) < 4.78 is 38.2. The molecule has 0 heterocycles.